The lowest BCUT2D eigenvalue weighted by atomic mass is 9.70. The van der Waals surface area contributed by atoms with Crippen LogP contribution in [-0.2, 0) is 10.8 Å². The molecule has 3 aliphatic carbocycles. The van der Waals surface area contributed by atoms with Crippen LogP contribution in [0.4, 0.5) is 17.1 Å². The molecule has 0 N–H and O–H groups in total. The average Bonchev–Trinajstić information content (AvgIpc) is 3.96. The highest BCUT2D eigenvalue weighted by molar-refractivity contribution is 5.99. The van der Waals surface area contributed by atoms with Gasteiger partial charge in [0.15, 0.2) is 0 Å². The minimum atomic E-state index is -0.365. The Kier molecular flexibility index (Phi) is 8.61. The van der Waals surface area contributed by atoms with Crippen LogP contribution in [0.5, 0.6) is 0 Å². The maximum absolute atomic E-state index is 2.48. The van der Waals surface area contributed by atoms with Gasteiger partial charge in [0.05, 0.1) is 11.1 Å². The van der Waals surface area contributed by atoms with Crippen LogP contribution in [0.25, 0.3) is 77.5 Å². The van der Waals surface area contributed by atoms with Crippen molar-refractivity contribution in [3.05, 3.63) is 282 Å². The zero-order valence-electron chi connectivity index (χ0n) is 38.6. The van der Waals surface area contributed by atoms with E-state index >= 15 is 0 Å². The second-order valence-electron chi connectivity index (χ2n) is 19.6. The number of hydrogen-bond acceptors (Lipinski definition) is 1. The molecule has 0 amide bonds. The molecule has 1 heteroatoms. The van der Waals surface area contributed by atoms with Crippen LogP contribution < -0.4 is 4.90 Å². The SMILES string of the molecule is CC1(C)c2cc(-c3cccc4ccccc34)ccc2-c2ccc(N(c3cccc(-c4ccc5c(c4)-c4ccccc4C54c5ccccc5-c5ccccc54)c3)c3ccccc3-c3ccccc3)cc21. The highest BCUT2D eigenvalue weighted by atomic mass is 15.1. The molecule has 324 valence electrons. The summed E-state index contributed by atoms with van der Waals surface area (Å²) in [6, 6.07) is 92.9. The molecular weight excluding hydrogens is 831 g/mol. The highest BCUT2D eigenvalue weighted by Gasteiger charge is 2.51. The predicted molar refractivity (Wildman–Crippen MR) is 289 cm³/mol. The number of para-hydroxylation sites is 1. The van der Waals surface area contributed by atoms with Crippen molar-refractivity contribution in [3.63, 3.8) is 0 Å². The van der Waals surface area contributed by atoms with Crippen LogP contribution in [0.15, 0.2) is 249 Å². The molecule has 11 aromatic carbocycles. The lowest BCUT2D eigenvalue weighted by Gasteiger charge is -2.30. The van der Waals surface area contributed by atoms with E-state index in [9.17, 15) is 0 Å². The van der Waals surface area contributed by atoms with E-state index in [1.165, 1.54) is 111 Å². The third kappa shape index (κ3) is 5.71. The maximum Gasteiger partial charge on any atom is 0.0725 e. The second kappa shape index (κ2) is 15.0. The van der Waals surface area contributed by atoms with Crippen molar-refractivity contribution in [2.24, 2.45) is 0 Å². The topological polar surface area (TPSA) is 3.24 Å². The van der Waals surface area contributed by atoms with E-state index in [0.717, 1.165) is 17.1 Å². The fourth-order valence-corrected chi connectivity index (χ4v) is 12.6. The summed E-state index contributed by atoms with van der Waals surface area (Å²) in [5, 5.41) is 2.54. The third-order valence-electron chi connectivity index (χ3n) is 15.7. The zero-order valence-corrected chi connectivity index (χ0v) is 38.6. The first kappa shape index (κ1) is 39.6. The number of fused-ring (bicyclic) bond motifs is 14. The van der Waals surface area contributed by atoms with Gasteiger partial charge in [-0.05, 0) is 148 Å². The lowest BCUT2D eigenvalue weighted by molar-refractivity contribution is 0.660. The lowest BCUT2D eigenvalue weighted by Crippen LogP contribution is -2.25. The Hall–Kier alpha value is -8.52. The number of rotatable bonds is 6. The Morgan fingerprint density at radius 1 is 0.275 bits per heavy atom. The van der Waals surface area contributed by atoms with Gasteiger partial charge in [-0.3, -0.25) is 0 Å². The average molecular weight is 878 g/mol. The Balaban J connectivity index is 0.914. The molecule has 0 aliphatic heterocycles. The van der Waals surface area contributed by atoms with Gasteiger partial charge in [-0.25, -0.2) is 0 Å². The van der Waals surface area contributed by atoms with Crippen molar-refractivity contribution >= 4 is 27.8 Å². The van der Waals surface area contributed by atoms with Crippen molar-refractivity contribution in [1.82, 2.24) is 0 Å². The van der Waals surface area contributed by atoms with Gasteiger partial charge in [0.2, 0.25) is 0 Å². The molecule has 0 saturated carbocycles. The molecule has 1 spiro atoms. The molecule has 0 unspecified atom stereocenters. The minimum Gasteiger partial charge on any atom is -0.310 e. The van der Waals surface area contributed by atoms with E-state index in [1.807, 2.05) is 0 Å². The Morgan fingerprint density at radius 3 is 1.52 bits per heavy atom. The smallest absolute Gasteiger partial charge is 0.0725 e. The molecule has 0 bridgehead atoms. The van der Waals surface area contributed by atoms with Crippen LogP contribution in [0, 0.1) is 0 Å². The minimum absolute atomic E-state index is 0.230. The summed E-state index contributed by atoms with van der Waals surface area (Å²) in [6.07, 6.45) is 0. The predicted octanol–water partition coefficient (Wildman–Crippen LogP) is 18.0. The van der Waals surface area contributed by atoms with Crippen LogP contribution in [-0.4, -0.2) is 0 Å². The standard InChI is InChI=1S/C68H47N/c1-67(2)64-42-48(52-29-17-21-44-20-6-7-24-51(44)52)34-37-57(64)58-38-36-50(43-65(58)67)69(66-33-15-11-25-53(66)45-18-4-3-5-19-45)49-23-16-22-46(40-49)47-35-39-63-59(41-47)56-28-10-14-32-62(56)68(63)60-30-12-8-26-54(60)55-27-9-13-31-61(55)68/h3-43H,1-2H3. The van der Waals surface area contributed by atoms with Crippen molar-refractivity contribution < 1.29 is 0 Å². The summed E-state index contributed by atoms with van der Waals surface area (Å²) in [7, 11) is 0. The fraction of sp³-hybridized carbons (Fsp3) is 0.0588. The molecule has 1 nitrogen and oxygen atoms in total. The largest absolute Gasteiger partial charge is 0.310 e. The monoisotopic (exact) mass is 877 g/mol. The van der Waals surface area contributed by atoms with Gasteiger partial charge in [-0.15, -0.1) is 0 Å². The molecule has 0 atom stereocenters. The first-order valence-corrected chi connectivity index (χ1v) is 24.2. The quantitative estimate of drug-likeness (QED) is 0.161. The van der Waals surface area contributed by atoms with Gasteiger partial charge in [0.25, 0.3) is 0 Å². The number of benzene rings is 11. The van der Waals surface area contributed by atoms with Crippen LogP contribution in [0.1, 0.15) is 47.2 Å². The number of anilines is 3. The van der Waals surface area contributed by atoms with Crippen LogP contribution >= 0.6 is 0 Å². The van der Waals surface area contributed by atoms with Gasteiger partial charge < -0.3 is 4.90 Å². The molecule has 0 heterocycles. The molecule has 11 aromatic rings. The summed E-state index contributed by atoms with van der Waals surface area (Å²) >= 11 is 0. The summed E-state index contributed by atoms with van der Waals surface area (Å²) in [5.74, 6) is 0. The van der Waals surface area contributed by atoms with E-state index in [2.05, 4.69) is 267 Å². The van der Waals surface area contributed by atoms with Gasteiger partial charge in [-0.1, -0.05) is 220 Å². The Labute approximate surface area is 404 Å². The molecule has 14 rings (SSSR count). The number of nitrogens with zero attached hydrogens (tertiary/aromatic N) is 1. The van der Waals surface area contributed by atoms with Gasteiger partial charge in [0.1, 0.15) is 0 Å². The van der Waals surface area contributed by atoms with Gasteiger partial charge >= 0.3 is 0 Å². The summed E-state index contributed by atoms with van der Waals surface area (Å²) in [5.41, 5.74) is 26.1. The van der Waals surface area contributed by atoms with E-state index in [-0.39, 0.29) is 10.8 Å². The molecule has 0 aromatic heterocycles. The molecule has 0 fully saturated rings. The van der Waals surface area contributed by atoms with E-state index < -0.39 is 0 Å². The molecule has 3 aliphatic rings. The normalized spacial score (nSPS) is 13.9. The zero-order chi connectivity index (χ0) is 45.8. The van der Waals surface area contributed by atoms with Crippen LogP contribution in [0.3, 0.4) is 0 Å². The van der Waals surface area contributed by atoms with Crippen LogP contribution in [0.2, 0.25) is 0 Å². The molecule has 69 heavy (non-hydrogen) atoms. The fourth-order valence-electron chi connectivity index (χ4n) is 12.6. The van der Waals surface area contributed by atoms with Crippen molar-refractivity contribution in [2.45, 2.75) is 24.7 Å². The van der Waals surface area contributed by atoms with E-state index in [4.69, 9.17) is 0 Å². The second-order valence-corrected chi connectivity index (χ2v) is 19.6. The Morgan fingerprint density at radius 2 is 0.768 bits per heavy atom. The van der Waals surface area contributed by atoms with Gasteiger partial charge in [-0.2, -0.15) is 0 Å². The van der Waals surface area contributed by atoms with Gasteiger partial charge in [0, 0.05) is 22.4 Å². The van der Waals surface area contributed by atoms with Crippen molar-refractivity contribution in [1.29, 1.82) is 0 Å². The first-order chi connectivity index (χ1) is 34.0. The van der Waals surface area contributed by atoms with Crippen molar-refractivity contribution in [2.75, 3.05) is 4.90 Å². The first-order valence-electron chi connectivity index (χ1n) is 24.2. The molecule has 0 radical (unpaired) electrons. The summed E-state index contributed by atoms with van der Waals surface area (Å²) in [6.45, 7) is 4.80. The van der Waals surface area contributed by atoms with E-state index in [0.29, 0.717) is 0 Å². The maximum atomic E-state index is 2.48. The molecular formula is C68H47N. The highest BCUT2D eigenvalue weighted by Crippen LogP contribution is 2.63. The Bertz CT molecular complexity index is 3840. The molecule has 0 saturated heterocycles. The summed E-state index contributed by atoms with van der Waals surface area (Å²) < 4.78 is 0. The third-order valence-corrected chi connectivity index (χ3v) is 15.7. The number of hydrogen-bond donors (Lipinski definition) is 0. The van der Waals surface area contributed by atoms with Crippen molar-refractivity contribution in [3.8, 4) is 66.8 Å². The summed E-state index contributed by atoms with van der Waals surface area (Å²) in [4.78, 5) is 2.48. The van der Waals surface area contributed by atoms with E-state index in [1.54, 1.807) is 0 Å².